The van der Waals surface area contributed by atoms with Gasteiger partial charge in [0.15, 0.2) is 16.7 Å². The fraction of sp³-hybridized carbons (Fsp3) is 0.286. The number of ether oxygens (including phenoxy) is 3. The smallest absolute Gasteiger partial charge is 0.233 e. The molecular formula is C14H15ClN2O3. The van der Waals surface area contributed by atoms with Crippen molar-refractivity contribution in [1.82, 2.24) is 9.97 Å². The van der Waals surface area contributed by atoms with E-state index in [1.807, 2.05) is 18.2 Å². The van der Waals surface area contributed by atoms with Crippen LogP contribution in [-0.2, 0) is 6.42 Å². The van der Waals surface area contributed by atoms with Gasteiger partial charge >= 0.3 is 0 Å². The average molecular weight is 295 g/mol. The summed E-state index contributed by atoms with van der Waals surface area (Å²) in [5.41, 5.74) is 1.08. The maximum absolute atomic E-state index is 5.73. The molecule has 0 aliphatic carbocycles. The topological polar surface area (TPSA) is 53.5 Å². The zero-order chi connectivity index (χ0) is 14.4. The molecule has 1 aromatic heterocycles. The van der Waals surface area contributed by atoms with Crippen LogP contribution in [0.25, 0.3) is 0 Å². The van der Waals surface area contributed by atoms with Crippen molar-refractivity contribution in [2.75, 3.05) is 20.8 Å². The molecular weight excluding hydrogens is 280 g/mol. The van der Waals surface area contributed by atoms with E-state index in [-0.39, 0.29) is 0 Å². The molecule has 6 heteroatoms. The van der Waals surface area contributed by atoms with Gasteiger partial charge in [-0.3, -0.25) is 4.98 Å². The van der Waals surface area contributed by atoms with Gasteiger partial charge in [-0.05, 0) is 17.7 Å². The number of halogens is 1. The van der Waals surface area contributed by atoms with Crippen molar-refractivity contribution in [2.45, 2.75) is 6.42 Å². The van der Waals surface area contributed by atoms with Crippen LogP contribution in [0.1, 0.15) is 5.56 Å². The summed E-state index contributed by atoms with van der Waals surface area (Å²) in [6, 6.07) is 5.76. The van der Waals surface area contributed by atoms with Crippen LogP contribution in [0, 0.1) is 0 Å². The van der Waals surface area contributed by atoms with E-state index in [1.165, 1.54) is 12.4 Å². The minimum Gasteiger partial charge on any atom is -0.493 e. The van der Waals surface area contributed by atoms with E-state index < -0.39 is 0 Å². The van der Waals surface area contributed by atoms with Crippen LogP contribution in [0.4, 0.5) is 0 Å². The first-order valence-corrected chi connectivity index (χ1v) is 6.42. The van der Waals surface area contributed by atoms with Crippen molar-refractivity contribution in [3.05, 3.63) is 41.3 Å². The minimum atomic E-state index is 0.314. The molecule has 0 unspecified atom stereocenters. The Bertz CT molecular complexity index is 578. The van der Waals surface area contributed by atoms with Gasteiger partial charge in [0.1, 0.15) is 0 Å². The summed E-state index contributed by atoms with van der Waals surface area (Å²) < 4.78 is 15.9. The molecule has 0 aliphatic rings. The molecule has 0 radical (unpaired) electrons. The van der Waals surface area contributed by atoms with E-state index in [0.717, 1.165) is 5.56 Å². The Kier molecular flexibility index (Phi) is 5.01. The number of rotatable bonds is 6. The van der Waals surface area contributed by atoms with Gasteiger partial charge in [0.05, 0.1) is 33.2 Å². The van der Waals surface area contributed by atoms with Crippen molar-refractivity contribution in [3.8, 4) is 17.4 Å². The zero-order valence-corrected chi connectivity index (χ0v) is 12.1. The molecule has 0 atom stereocenters. The van der Waals surface area contributed by atoms with Gasteiger partial charge in [0.25, 0.3) is 0 Å². The van der Waals surface area contributed by atoms with E-state index in [2.05, 4.69) is 9.97 Å². The Hall–Kier alpha value is -2.01. The lowest BCUT2D eigenvalue weighted by atomic mass is 10.1. The molecule has 0 aliphatic heterocycles. The highest BCUT2D eigenvalue weighted by atomic mass is 35.5. The number of nitrogens with zero attached hydrogens (tertiary/aromatic N) is 2. The molecule has 2 aromatic rings. The van der Waals surface area contributed by atoms with Gasteiger partial charge in [-0.25, -0.2) is 0 Å². The molecule has 0 saturated carbocycles. The normalized spacial score (nSPS) is 10.2. The number of hydrogen-bond donors (Lipinski definition) is 0. The monoisotopic (exact) mass is 294 g/mol. The maximum atomic E-state index is 5.73. The molecule has 0 fully saturated rings. The summed E-state index contributed by atoms with van der Waals surface area (Å²) in [6.45, 7) is 0.477. The predicted molar refractivity (Wildman–Crippen MR) is 75.8 cm³/mol. The van der Waals surface area contributed by atoms with Gasteiger partial charge in [-0.15, -0.1) is 0 Å². The number of benzene rings is 1. The Labute approximate surface area is 122 Å². The second-order valence-electron chi connectivity index (χ2n) is 3.97. The second-order valence-corrected chi connectivity index (χ2v) is 4.36. The van der Waals surface area contributed by atoms with Crippen LogP contribution >= 0.6 is 11.6 Å². The van der Waals surface area contributed by atoms with Crippen molar-refractivity contribution < 1.29 is 14.2 Å². The third-order valence-electron chi connectivity index (χ3n) is 2.67. The van der Waals surface area contributed by atoms with Gasteiger partial charge in [0, 0.05) is 6.42 Å². The van der Waals surface area contributed by atoms with Crippen LogP contribution in [0.15, 0.2) is 30.6 Å². The second kappa shape index (κ2) is 6.96. The quantitative estimate of drug-likeness (QED) is 0.820. The Morgan fingerprint density at radius 2 is 1.90 bits per heavy atom. The van der Waals surface area contributed by atoms with Crippen LogP contribution in [0.3, 0.4) is 0 Å². The predicted octanol–water partition coefficient (Wildman–Crippen LogP) is 2.77. The lowest BCUT2D eigenvalue weighted by Gasteiger charge is -2.10. The third kappa shape index (κ3) is 3.74. The van der Waals surface area contributed by atoms with Crippen molar-refractivity contribution in [2.24, 2.45) is 0 Å². The first-order valence-electron chi connectivity index (χ1n) is 6.04. The molecule has 2 rings (SSSR count). The van der Waals surface area contributed by atoms with Gasteiger partial charge in [0.2, 0.25) is 5.88 Å². The van der Waals surface area contributed by atoms with Crippen molar-refractivity contribution in [3.63, 3.8) is 0 Å². The Morgan fingerprint density at radius 1 is 1.10 bits per heavy atom. The van der Waals surface area contributed by atoms with E-state index in [4.69, 9.17) is 25.8 Å². The average Bonchev–Trinajstić information content (AvgIpc) is 2.47. The molecule has 5 nitrogen and oxygen atoms in total. The van der Waals surface area contributed by atoms with Gasteiger partial charge in [-0.1, -0.05) is 17.7 Å². The fourth-order valence-electron chi connectivity index (χ4n) is 1.70. The lowest BCUT2D eigenvalue weighted by molar-refractivity contribution is 0.307. The molecule has 20 heavy (non-hydrogen) atoms. The fourth-order valence-corrected chi connectivity index (χ4v) is 1.84. The molecule has 0 amide bonds. The van der Waals surface area contributed by atoms with Crippen LogP contribution in [0.2, 0.25) is 5.15 Å². The molecule has 0 saturated heterocycles. The molecule has 0 N–H and O–H groups in total. The van der Waals surface area contributed by atoms with Crippen LogP contribution < -0.4 is 14.2 Å². The van der Waals surface area contributed by atoms with Crippen LogP contribution in [0.5, 0.6) is 17.4 Å². The highest BCUT2D eigenvalue weighted by molar-refractivity contribution is 6.29. The first-order chi connectivity index (χ1) is 9.72. The van der Waals surface area contributed by atoms with E-state index in [1.54, 1.807) is 14.2 Å². The number of methoxy groups -OCH3 is 2. The molecule has 1 aromatic carbocycles. The van der Waals surface area contributed by atoms with Gasteiger partial charge in [-0.2, -0.15) is 4.98 Å². The lowest BCUT2D eigenvalue weighted by Crippen LogP contribution is -2.03. The Morgan fingerprint density at radius 3 is 2.60 bits per heavy atom. The summed E-state index contributed by atoms with van der Waals surface area (Å²) in [5.74, 6) is 1.82. The molecule has 0 spiro atoms. The summed E-state index contributed by atoms with van der Waals surface area (Å²) in [6.07, 6.45) is 3.71. The van der Waals surface area contributed by atoms with Crippen LogP contribution in [-0.4, -0.2) is 30.8 Å². The largest absolute Gasteiger partial charge is 0.493 e. The number of aromatic nitrogens is 2. The SMILES string of the molecule is COc1ccc(CCOc2cncc(Cl)n2)cc1OC. The minimum absolute atomic E-state index is 0.314. The third-order valence-corrected chi connectivity index (χ3v) is 2.85. The van der Waals surface area contributed by atoms with Gasteiger partial charge < -0.3 is 14.2 Å². The van der Waals surface area contributed by atoms with Crippen molar-refractivity contribution >= 4 is 11.6 Å². The standard InChI is InChI=1S/C14H15ClN2O3/c1-18-11-4-3-10(7-12(11)19-2)5-6-20-14-9-16-8-13(15)17-14/h3-4,7-9H,5-6H2,1-2H3. The first kappa shape index (κ1) is 14.4. The highest BCUT2D eigenvalue weighted by Gasteiger charge is 2.05. The summed E-state index contributed by atoms with van der Waals surface area (Å²) in [7, 11) is 3.22. The van der Waals surface area contributed by atoms with E-state index >= 15 is 0 Å². The van der Waals surface area contributed by atoms with E-state index in [9.17, 15) is 0 Å². The molecule has 1 heterocycles. The summed E-state index contributed by atoms with van der Waals surface area (Å²) in [4.78, 5) is 7.91. The summed E-state index contributed by atoms with van der Waals surface area (Å²) >= 11 is 5.73. The number of hydrogen-bond acceptors (Lipinski definition) is 5. The van der Waals surface area contributed by atoms with E-state index in [0.29, 0.717) is 35.6 Å². The molecule has 106 valence electrons. The highest BCUT2D eigenvalue weighted by Crippen LogP contribution is 2.27. The zero-order valence-electron chi connectivity index (χ0n) is 11.3. The van der Waals surface area contributed by atoms with Crippen molar-refractivity contribution in [1.29, 1.82) is 0 Å². The molecule has 0 bridgehead atoms. The Balaban J connectivity index is 1.94. The summed E-state index contributed by atoms with van der Waals surface area (Å²) in [5, 5.41) is 0.314. The maximum Gasteiger partial charge on any atom is 0.233 e.